The van der Waals surface area contributed by atoms with Gasteiger partial charge in [-0.1, -0.05) is 6.07 Å². The van der Waals surface area contributed by atoms with Crippen molar-refractivity contribution >= 4 is 39.9 Å². The molecular formula is C16H15IN2O2. The number of rotatable bonds is 2. The Morgan fingerprint density at radius 3 is 2.90 bits per heavy atom. The van der Waals surface area contributed by atoms with E-state index in [1.54, 1.807) is 12.1 Å². The third kappa shape index (κ3) is 3.12. The van der Waals surface area contributed by atoms with Gasteiger partial charge in [0, 0.05) is 23.5 Å². The SMILES string of the molecule is O=C(Nc1ccc2c(c1)NCCC2)c1ccc(I)c(O)c1. The van der Waals surface area contributed by atoms with Crippen LogP contribution in [0.2, 0.25) is 0 Å². The molecule has 4 nitrogen and oxygen atoms in total. The highest BCUT2D eigenvalue weighted by atomic mass is 127. The third-order valence-electron chi connectivity index (χ3n) is 3.51. The van der Waals surface area contributed by atoms with Gasteiger partial charge in [0.25, 0.3) is 5.91 Å². The summed E-state index contributed by atoms with van der Waals surface area (Å²) in [6.07, 6.45) is 2.21. The summed E-state index contributed by atoms with van der Waals surface area (Å²) in [6, 6.07) is 10.8. The first-order valence-corrected chi connectivity index (χ1v) is 7.88. The lowest BCUT2D eigenvalue weighted by atomic mass is 10.0. The quantitative estimate of drug-likeness (QED) is 0.683. The minimum Gasteiger partial charge on any atom is -0.507 e. The largest absolute Gasteiger partial charge is 0.507 e. The summed E-state index contributed by atoms with van der Waals surface area (Å²) >= 11 is 2.02. The van der Waals surface area contributed by atoms with Crippen LogP contribution in [-0.4, -0.2) is 17.6 Å². The lowest BCUT2D eigenvalue weighted by Crippen LogP contribution is -2.14. The molecule has 5 heteroatoms. The number of aryl methyl sites for hydroxylation is 1. The second-order valence-electron chi connectivity index (χ2n) is 5.02. The Hall–Kier alpha value is -1.76. The zero-order valence-electron chi connectivity index (χ0n) is 11.3. The maximum atomic E-state index is 12.2. The molecule has 108 valence electrons. The van der Waals surface area contributed by atoms with Crippen LogP contribution in [0, 0.1) is 3.57 Å². The van der Waals surface area contributed by atoms with Crippen LogP contribution in [0.1, 0.15) is 22.3 Å². The van der Waals surface area contributed by atoms with Crippen molar-refractivity contribution in [2.75, 3.05) is 17.2 Å². The van der Waals surface area contributed by atoms with E-state index in [1.807, 2.05) is 40.8 Å². The van der Waals surface area contributed by atoms with Crippen LogP contribution in [0.25, 0.3) is 0 Å². The minimum absolute atomic E-state index is 0.121. The van der Waals surface area contributed by atoms with Crippen LogP contribution in [0.5, 0.6) is 5.75 Å². The zero-order chi connectivity index (χ0) is 14.8. The standard InChI is InChI=1S/C16H15IN2O2/c17-13-6-4-11(8-15(13)20)16(21)19-12-5-3-10-2-1-7-18-14(10)9-12/h3-6,8-9,18,20H,1-2,7H2,(H,19,21). The molecular weight excluding hydrogens is 379 g/mol. The van der Waals surface area contributed by atoms with Crippen molar-refractivity contribution in [1.82, 2.24) is 0 Å². The number of nitrogens with one attached hydrogen (secondary N) is 2. The number of anilines is 2. The molecule has 0 saturated heterocycles. The van der Waals surface area contributed by atoms with Crippen molar-refractivity contribution < 1.29 is 9.90 Å². The molecule has 0 unspecified atom stereocenters. The van der Waals surface area contributed by atoms with Crippen LogP contribution >= 0.6 is 22.6 Å². The van der Waals surface area contributed by atoms with Crippen LogP contribution in [0.3, 0.4) is 0 Å². The molecule has 0 atom stereocenters. The molecule has 0 aliphatic carbocycles. The number of carbonyl (C=O) groups excluding carboxylic acids is 1. The number of fused-ring (bicyclic) bond motifs is 1. The number of hydrogen-bond donors (Lipinski definition) is 3. The molecule has 1 aliphatic rings. The summed E-state index contributed by atoms with van der Waals surface area (Å²) in [5.74, 6) is -0.104. The summed E-state index contributed by atoms with van der Waals surface area (Å²) < 4.78 is 0.724. The Morgan fingerprint density at radius 1 is 1.24 bits per heavy atom. The molecule has 21 heavy (non-hydrogen) atoms. The summed E-state index contributed by atoms with van der Waals surface area (Å²) in [5, 5.41) is 15.9. The van der Waals surface area contributed by atoms with E-state index in [1.165, 1.54) is 11.6 Å². The Kier molecular flexibility index (Phi) is 4.01. The number of carbonyl (C=O) groups is 1. The molecule has 0 spiro atoms. The van der Waals surface area contributed by atoms with Gasteiger partial charge in [-0.05, 0) is 71.3 Å². The first-order chi connectivity index (χ1) is 10.1. The minimum atomic E-state index is -0.225. The number of phenols is 1. The second-order valence-corrected chi connectivity index (χ2v) is 6.18. The smallest absolute Gasteiger partial charge is 0.255 e. The Bertz CT molecular complexity index is 701. The number of hydrogen-bond acceptors (Lipinski definition) is 3. The fourth-order valence-electron chi connectivity index (χ4n) is 2.40. The van der Waals surface area contributed by atoms with E-state index in [9.17, 15) is 9.90 Å². The topological polar surface area (TPSA) is 61.4 Å². The highest BCUT2D eigenvalue weighted by molar-refractivity contribution is 14.1. The predicted octanol–water partition coefficient (Wildman–Crippen LogP) is 3.61. The van der Waals surface area contributed by atoms with Gasteiger partial charge in [-0.15, -0.1) is 0 Å². The summed E-state index contributed by atoms with van der Waals surface area (Å²) in [7, 11) is 0. The van der Waals surface area contributed by atoms with Gasteiger partial charge < -0.3 is 15.7 Å². The van der Waals surface area contributed by atoms with Gasteiger partial charge in [0.15, 0.2) is 0 Å². The van der Waals surface area contributed by atoms with E-state index in [0.717, 1.165) is 34.3 Å². The van der Waals surface area contributed by atoms with E-state index in [0.29, 0.717) is 5.56 Å². The summed E-state index contributed by atoms with van der Waals surface area (Å²) in [6.45, 7) is 0.968. The van der Waals surface area contributed by atoms with Crippen molar-refractivity contribution in [3.05, 3.63) is 51.1 Å². The maximum absolute atomic E-state index is 12.2. The van der Waals surface area contributed by atoms with E-state index < -0.39 is 0 Å². The van der Waals surface area contributed by atoms with Crippen molar-refractivity contribution in [2.24, 2.45) is 0 Å². The molecule has 3 N–H and O–H groups in total. The molecule has 3 rings (SSSR count). The Labute approximate surface area is 136 Å². The number of benzene rings is 2. The van der Waals surface area contributed by atoms with E-state index in [4.69, 9.17) is 0 Å². The van der Waals surface area contributed by atoms with Crippen molar-refractivity contribution in [1.29, 1.82) is 0 Å². The summed E-state index contributed by atoms with van der Waals surface area (Å²) in [5.41, 5.74) is 3.57. The second kappa shape index (κ2) is 5.93. The third-order valence-corrected chi connectivity index (χ3v) is 4.43. The molecule has 0 aromatic heterocycles. The number of phenolic OH excluding ortho intramolecular Hbond substituents is 1. The average Bonchev–Trinajstić information content (AvgIpc) is 2.50. The van der Waals surface area contributed by atoms with Gasteiger partial charge >= 0.3 is 0 Å². The van der Waals surface area contributed by atoms with Crippen LogP contribution in [0.15, 0.2) is 36.4 Å². The van der Waals surface area contributed by atoms with Gasteiger partial charge in [0.1, 0.15) is 5.75 Å². The average molecular weight is 394 g/mol. The van der Waals surface area contributed by atoms with Gasteiger partial charge in [0.2, 0.25) is 0 Å². The monoisotopic (exact) mass is 394 g/mol. The summed E-state index contributed by atoms with van der Waals surface area (Å²) in [4.78, 5) is 12.2. The van der Waals surface area contributed by atoms with E-state index in [-0.39, 0.29) is 11.7 Å². The Balaban J connectivity index is 1.79. The molecule has 2 aromatic rings. The molecule has 1 amide bonds. The van der Waals surface area contributed by atoms with Gasteiger partial charge in [-0.25, -0.2) is 0 Å². The zero-order valence-corrected chi connectivity index (χ0v) is 13.5. The van der Waals surface area contributed by atoms with E-state index in [2.05, 4.69) is 10.6 Å². The molecule has 0 bridgehead atoms. The lowest BCUT2D eigenvalue weighted by molar-refractivity contribution is 0.102. The normalized spacial score (nSPS) is 13.2. The first kappa shape index (κ1) is 14.2. The van der Waals surface area contributed by atoms with Gasteiger partial charge in [-0.2, -0.15) is 0 Å². The van der Waals surface area contributed by atoms with Crippen LogP contribution < -0.4 is 10.6 Å². The highest BCUT2D eigenvalue weighted by Gasteiger charge is 2.12. The van der Waals surface area contributed by atoms with Gasteiger partial charge in [0.05, 0.1) is 3.57 Å². The molecule has 0 saturated carbocycles. The van der Waals surface area contributed by atoms with Crippen molar-refractivity contribution in [2.45, 2.75) is 12.8 Å². The number of amides is 1. The molecule has 0 radical (unpaired) electrons. The fraction of sp³-hybridized carbons (Fsp3) is 0.188. The number of halogens is 1. The molecule has 1 heterocycles. The molecule has 0 fully saturated rings. The fourth-order valence-corrected chi connectivity index (χ4v) is 2.73. The van der Waals surface area contributed by atoms with Crippen molar-refractivity contribution in [3.8, 4) is 5.75 Å². The predicted molar refractivity (Wildman–Crippen MR) is 92.0 cm³/mol. The molecule has 1 aliphatic heterocycles. The first-order valence-electron chi connectivity index (χ1n) is 6.80. The number of aromatic hydroxyl groups is 1. The van der Waals surface area contributed by atoms with Crippen LogP contribution in [-0.2, 0) is 6.42 Å². The van der Waals surface area contributed by atoms with Crippen LogP contribution in [0.4, 0.5) is 11.4 Å². The Morgan fingerprint density at radius 2 is 2.10 bits per heavy atom. The maximum Gasteiger partial charge on any atom is 0.255 e. The van der Waals surface area contributed by atoms with Gasteiger partial charge in [-0.3, -0.25) is 4.79 Å². The highest BCUT2D eigenvalue weighted by Crippen LogP contribution is 2.26. The molecule has 2 aromatic carbocycles. The lowest BCUT2D eigenvalue weighted by Gasteiger charge is -2.18. The van der Waals surface area contributed by atoms with E-state index >= 15 is 0 Å². The van der Waals surface area contributed by atoms with Crippen molar-refractivity contribution in [3.63, 3.8) is 0 Å².